The van der Waals surface area contributed by atoms with Crippen LogP contribution in [0.4, 0.5) is 0 Å². The minimum atomic E-state index is -1.69. The van der Waals surface area contributed by atoms with E-state index in [4.69, 9.17) is 28.4 Å². The van der Waals surface area contributed by atoms with Crippen molar-refractivity contribution in [3.05, 3.63) is 0 Å². The number of hydrogen-bond acceptors (Lipinski definition) is 14. The van der Waals surface area contributed by atoms with Gasteiger partial charge in [-0.05, 0) is 12.8 Å². The van der Waals surface area contributed by atoms with E-state index in [0.29, 0.717) is 13.0 Å². The molecule has 2 fully saturated rings. The van der Waals surface area contributed by atoms with Gasteiger partial charge in [0.15, 0.2) is 12.6 Å². The van der Waals surface area contributed by atoms with Gasteiger partial charge in [0.25, 0.3) is 0 Å². The Morgan fingerprint density at radius 3 is 1.88 bits per heavy atom. The van der Waals surface area contributed by atoms with Crippen molar-refractivity contribution < 1.29 is 69.0 Å². The van der Waals surface area contributed by atoms with Crippen molar-refractivity contribution in [2.75, 3.05) is 33.0 Å². The highest BCUT2D eigenvalue weighted by molar-refractivity contribution is 5.69. The quantitative estimate of drug-likeness (QED) is 0.0632. The van der Waals surface area contributed by atoms with Crippen LogP contribution in [0.2, 0.25) is 0 Å². The molecule has 14 heteroatoms. The summed E-state index contributed by atoms with van der Waals surface area (Å²) in [4.78, 5) is 12.4. The summed E-state index contributed by atoms with van der Waals surface area (Å²) in [5.74, 6) is -0.406. The average Bonchev–Trinajstić information content (AvgIpc) is 2.99. The summed E-state index contributed by atoms with van der Waals surface area (Å²) in [5, 5.41) is 70.8. The van der Waals surface area contributed by atoms with E-state index in [1.807, 2.05) is 6.92 Å². The second kappa shape index (κ2) is 20.9. The Hall–Kier alpha value is -1.01. The number of carbonyl (C=O) groups excluding carboxylic acids is 1. The van der Waals surface area contributed by atoms with Gasteiger partial charge < -0.3 is 64.2 Å². The Morgan fingerprint density at radius 2 is 1.23 bits per heavy atom. The first-order valence-corrected chi connectivity index (χ1v) is 15.6. The molecule has 0 spiro atoms. The highest BCUT2D eigenvalue weighted by Crippen LogP contribution is 2.26. The van der Waals surface area contributed by atoms with Crippen LogP contribution in [0.1, 0.15) is 78.1 Å². The molecular weight excluding hydrogens is 572 g/mol. The van der Waals surface area contributed by atoms with Crippen molar-refractivity contribution in [2.24, 2.45) is 0 Å². The van der Waals surface area contributed by atoms with E-state index in [2.05, 4.69) is 6.92 Å². The van der Waals surface area contributed by atoms with Gasteiger partial charge in [-0.15, -0.1) is 0 Å². The van der Waals surface area contributed by atoms with Gasteiger partial charge in [0.1, 0.15) is 54.9 Å². The van der Waals surface area contributed by atoms with Crippen molar-refractivity contribution in [1.29, 1.82) is 0 Å². The molecule has 2 heterocycles. The fourth-order valence-electron chi connectivity index (χ4n) is 4.87. The molecule has 2 aliphatic heterocycles. The standard InChI is InChI=1S/C29H54O14/c1-3-5-7-8-9-11-13-38-15-18(41-21(31)12-10-6-4-2)16-39-28-27(37)25(35)23(33)20(43-28)17-40-29-26(36)24(34)22(32)19(14-30)42-29/h18-20,22-30,32-37H,3-17H2,1-2H3. The van der Waals surface area contributed by atoms with Crippen molar-refractivity contribution in [2.45, 2.75) is 146 Å². The topological polar surface area (TPSA) is 214 Å². The average molecular weight is 627 g/mol. The predicted molar refractivity (Wildman–Crippen MR) is 151 cm³/mol. The summed E-state index contributed by atoms with van der Waals surface area (Å²) in [6.45, 7) is 3.38. The Morgan fingerprint density at radius 1 is 0.674 bits per heavy atom. The molecule has 11 unspecified atom stereocenters. The third-order valence-corrected chi connectivity index (χ3v) is 7.62. The van der Waals surface area contributed by atoms with E-state index >= 15 is 0 Å². The molecule has 0 amide bonds. The first kappa shape index (κ1) is 38.2. The molecule has 2 rings (SSSR count). The number of rotatable bonds is 21. The molecule has 0 aromatic heterocycles. The van der Waals surface area contributed by atoms with Crippen LogP contribution in [0.5, 0.6) is 0 Å². The lowest BCUT2D eigenvalue weighted by molar-refractivity contribution is -0.332. The van der Waals surface area contributed by atoms with Gasteiger partial charge >= 0.3 is 5.97 Å². The molecule has 0 aromatic carbocycles. The summed E-state index contributed by atoms with van der Waals surface area (Å²) < 4.78 is 33.4. The van der Waals surface area contributed by atoms with Crippen LogP contribution >= 0.6 is 0 Å². The third-order valence-electron chi connectivity index (χ3n) is 7.62. The highest BCUT2D eigenvalue weighted by atomic mass is 16.7. The minimum Gasteiger partial charge on any atom is -0.457 e. The molecule has 0 aliphatic carbocycles. The summed E-state index contributed by atoms with van der Waals surface area (Å²) >= 11 is 0. The number of unbranched alkanes of at least 4 members (excludes halogenated alkanes) is 7. The zero-order valence-corrected chi connectivity index (χ0v) is 25.4. The smallest absolute Gasteiger partial charge is 0.306 e. The molecule has 2 aliphatic rings. The van der Waals surface area contributed by atoms with E-state index in [1.54, 1.807) is 0 Å². The number of aliphatic hydroxyl groups excluding tert-OH is 7. The number of carbonyl (C=O) groups is 1. The highest BCUT2D eigenvalue weighted by Gasteiger charge is 2.47. The van der Waals surface area contributed by atoms with Crippen LogP contribution in [0.15, 0.2) is 0 Å². The number of ether oxygens (including phenoxy) is 6. The molecule has 0 saturated carbocycles. The van der Waals surface area contributed by atoms with Gasteiger partial charge in [-0.25, -0.2) is 0 Å². The van der Waals surface area contributed by atoms with Crippen LogP contribution in [0.3, 0.4) is 0 Å². The molecule has 0 bridgehead atoms. The lowest BCUT2D eigenvalue weighted by Gasteiger charge is -2.42. The molecule has 0 radical (unpaired) electrons. The maximum atomic E-state index is 12.4. The van der Waals surface area contributed by atoms with Crippen LogP contribution in [-0.4, -0.2) is 142 Å². The summed E-state index contributed by atoms with van der Waals surface area (Å²) in [6.07, 6.45) is -6.73. The normalized spacial score (nSPS) is 33.8. The van der Waals surface area contributed by atoms with Crippen molar-refractivity contribution in [3.63, 3.8) is 0 Å². The lowest BCUT2D eigenvalue weighted by atomic mass is 9.98. The second-order valence-corrected chi connectivity index (χ2v) is 11.3. The van der Waals surface area contributed by atoms with E-state index < -0.39 is 86.7 Å². The SMILES string of the molecule is CCCCCCCCOCC(COC1OC(COC2OC(CO)C(O)C(O)C2O)C(O)C(O)C1O)OC(=O)CCCCC. The second-order valence-electron chi connectivity index (χ2n) is 11.3. The molecular formula is C29H54O14. The molecule has 7 N–H and O–H groups in total. The van der Waals surface area contributed by atoms with Crippen LogP contribution in [0, 0.1) is 0 Å². The summed E-state index contributed by atoms with van der Waals surface area (Å²) in [6, 6.07) is 0. The monoisotopic (exact) mass is 626 g/mol. The summed E-state index contributed by atoms with van der Waals surface area (Å²) in [5.41, 5.74) is 0. The maximum absolute atomic E-state index is 12.4. The molecule has 0 aromatic rings. The molecule has 11 atom stereocenters. The van der Waals surface area contributed by atoms with Crippen molar-refractivity contribution in [3.8, 4) is 0 Å². The number of aliphatic hydroxyl groups is 7. The van der Waals surface area contributed by atoms with Crippen LogP contribution < -0.4 is 0 Å². The number of hydrogen-bond donors (Lipinski definition) is 7. The summed E-state index contributed by atoms with van der Waals surface area (Å²) in [7, 11) is 0. The van der Waals surface area contributed by atoms with E-state index in [9.17, 15) is 40.5 Å². The van der Waals surface area contributed by atoms with Gasteiger partial charge in [-0.1, -0.05) is 58.8 Å². The van der Waals surface area contributed by atoms with Crippen molar-refractivity contribution >= 4 is 5.97 Å². The van der Waals surface area contributed by atoms with Crippen molar-refractivity contribution in [1.82, 2.24) is 0 Å². The Kier molecular flexibility index (Phi) is 18.6. The molecule has 2 saturated heterocycles. The zero-order chi connectivity index (χ0) is 31.8. The Balaban J connectivity index is 1.92. The fraction of sp³-hybridized carbons (Fsp3) is 0.966. The van der Waals surface area contributed by atoms with E-state index in [1.165, 1.54) is 19.3 Å². The first-order valence-electron chi connectivity index (χ1n) is 15.6. The predicted octanol–water partition coefficient (Wildman–Crippen LogP) is -0.504. The van der Waals surface area contributed by atoms with E-state index in [0.717, 1.165) is 32.1 Å². The minimum absolute atomic E-state index is 0.0616. The largest absolute Gasteiger partial charge is 0.457 e. The van der Waals surface area contributed by atoms with Gasteiger partial charge in [0.05, 0.1) is 26.4 Å². The van der Waals surface area contributed by atoms with E-state index in [-0.39, 0.29) is 19.6 Å². The van der Waals surface area contributed by atoms with Crippen LogP contribution in [0.25, 0.3) is 0 Å². The Bertz CT molecular complexity index is 742. The molecule has 43 heavy (non-hydrogen) atoms. The molecule has 14 nitrogen and oxygen atoms in total. The van der Waals surface area contributed by atoms with Gasteiger partial charge in [-0.2, -0.15) is 0 Å². The first-order chi connectivity index (χ1) is 20.6. The lowest BCUT2D eigenvalue weighted by Crippen LogP contribution is -2.61. The zero-order valence-electron chi connectivity index (χ0n) is 25.4. The molecule has 254 valence electrons. The van der Waals surface area contributed by atoms with Gasteiger partial charge in [0, 0.05) is 13.0 Å². The number of esters is 1. The fourth-order valence-corrected chi connectivity index (χ4v) is 4.87. The van der Waals surface area contributed by atoms with Crippen LogP contribution in [-0.2, 0) is 33.2 Å². The maximum Gasteiger partial charge on any atom is 0.306 e. The van der Waals surface area contributed by atoms with Gasteiger partial charge in [-0.3, -0.25) is 4.79 Å². The van der Waals surface area contributed by atoms with Gasteiger partial charge in [0.2, 0.25) is 0 Å². The Labute approximate surface area is 253 Å². The third kappa shape index (κ3) is 12.7.